The van der Waals surface area contributed by atoms with E-state index in [2.05, 4.69) is 10.3 Å². The first-order chi connectivity index (χ1) is 12.0. The predicted molar refractivity (Wildman–Crippen MR) is 100.0 cm³/mol. The van der Waals surface area contributed by atoms with Gasteiger partial charge in [0, 0.05) is 7.05 Å². The zero-order valence-corrected chi connectivity index (χ0v) is 15.1. The van der Waals surface area contributed by atoms with Crippen LogP contribution < -0.4 is 10.9 Å². The van der Waals surface area contributed by atoms with Gasteiger partial charge in [0.15, 0.2) is 5.16 Å². The molecule has 3 aromatic rings. The highest BCUT2D eigenvalue weighted by Gasteiger charge is 2.19. The number of carbonyl (C=O) groups excluding carboxylic acids is 1. The molecule has 1 N–H and O–H groups in total. The number of thioether (sulfide) groups is 1. The fourth-order valence-electron chi connectivity index (χ4n) is 2.22. The Kier molecular flexibility index (Phi) is 4.88. The fraction of sp³-hybridized carbons (Fsp3) is 0.176. The molecule has 0 saturated carbocycles. The number of rotatable bonds is 4. The Morgan fingerprint density at radius 1 is 1.40 bits per heavy atom. The van der Waals surface area contributed by atoms with Crippen molar-refractivity contribution in [1.29, 1.82) is 5.26 Å². The molecule has 0 fully saturated rings. The molecule has 1 atom stereocenters. The van der Waals surface area contributed by atoms with E-state index in [1.807, 2.05) is 11.4 Å². The number of anilines is 1. The summed E-state index contributed by atoms with van der Waals surface area (Å²) >= 11 is 2.60. The molecule has 1 unspecified atom stereocenters. The van der Waals surface area contributed by atoms with Gasteiger partial charge in [0.25, 0.3) is 5.56 Å². The molecule has 2 aromatic heterocycles. The van der Waals surface area contributed by atoms with Crippen LogP contribution >= 0.6 is 23.1 Å². The summed E-state index contributed by atoms with van der Waals surface area (Å²) in [5.41, 5.74) is 0.743. The Balaban J connectivity index is 1.81. The molecule has 8 heteroatoms. The normalized spacial score (nSPS) is 11.9. The minimum absolute atomic E-state index is 0.129. The molecule has 0 aliphatic carbocycles. The number of para-hydroxylation sites is 1. The number of benzene rings is 1. The summed E-state index contributed by atoms with van der Waals surface area (Å²) in [5.74, 6) is -0.256. The van der Waals surface area contributed by atoms with Gasteiger partial charge < -0.3 is 5.32 Å². The second-order valence-electron chi connectivity index (χ2n) is 5.30. The van der Waals surface area contributed by atoms with Gasteiger partial charge >= 0.3 is 0 Å². The zero-order chi connectivity index (χ0) is 18.0. The molecule has 1 amide bonds. The standard InChI is InChI=1S/C17H14N4O2S2/c1-10(14(22)19-13-6-4-3-5-11(13)9-18)25-17-20-15-12(7-8-24-15)16(23)21(17)2/h3-8,10H,1-2H3,(H,19,22). The van der Waals surface area contributed by atoms with Gasteiger partial charge in [0.2, 0.25) is 5.91 Å². The summed E-state index contributed by atoms with van der Waals surface area (Å²) in [4.78, 5) is 29.9. The molecule has 0 aliphatic rings. The van der Waals surface area contributed by atoms with Gasteiger partial charge in [-0.05, 0) is 30.5 Å². The number of nitrogens with one attached hydrogen (secondary N) is 1. The van der Waals surface area contributed by atoms with Gasteiger partial charge in [-0.2, -0.15) is 5.26 Å². The quantitative estimate of drug-likeness (QED) is 0.563. The first-order valence-corrected chi connectivity index (χ1v) is 9.18. The van der Waals surface area contributed by atoms with Crippen molar-refractivity contribution >= 4 is 44.9 Å². The van der Waals surface area contributed by atoms with Crippen molar-refractivity contribution in [2.24, 2.45) is 7.05 Å². The molecule has 0 saturated heterocycles. The van der Waals surface area contributed by atoms with E-state index >= 15 is 0 Å². The van der Waals surface area contributed by atoms with Crippen LogP contribution in [0.25, 0.3) is 10.2 Å². The smallest absolute Gasteiger partial charge is 0.262 e. The monoisotopic (exact) mass is 370 g/mol. The third kappa shape index (κ3) is 3.43. The summed E-state index contributed by atoms with van der Waals surface area (Å²) in [7, 11) is 1.64. The number of hydrogen-bond donors (Lipinski definition) is 1. The fourth-order valence-corrected chi connectivity index (χ4v) is 3.90. The average Bonchev–Trinajstić information content (AvgIpc) is 3.08. The van der Waals surface area contributed by atoms with Gasteiger partial charge in [0.1, 0.15) is 10.9 Å². The number of nitriles is 1. The van der Waals surface area contributed by atoms with Gasteiger partial charge in [-0.1, -0.05) is 23.9 Å². The summed E-state index contributed by atoms with van der Waals surface area (Å²) in [6, 6.07) is 10.6. The van der Waals surface area contributed by atoms with Crippen molar-refractivity contribution in [1.82, 2.24) is 9.55 Å². The molecule has 1 aromatic carbocycles. The van der Waals surface area contributed by atoms with Crippen LogP contribution in [-0.4, -0.2) is 20.7 Å². The number of fused-ring (bicyclic) bond motifs is 1. The van der Waals surface area contributed by atoms with Crippen molar-refractivity contribution in [3.05, 3.63) is 51.6 Å². The van der Waals surface area contributed by atoms with E-state index in [0.717, 1.165) is 0 Å². The number of carbonyl (C=O) groups is 1. The maximum absolute atomic E-state index is 12.4. The van der Waals surface area contributed by atoms with E-state index in [-0.39, 0.29) is 11.5 Å². The number of thiophene rings is 1. The first kappa shape index (κ1) is 17.2. The molecule has 2 heterocycles. The Morgan fingerprint density at radius 3 is 2.92 bits per heavy atom. The van der Waals surface area contributed by atoms with Crippen molar-refractivity contribution in [2.75, 3.05) is 5.32 Å². The average molecular weight is 370 g/mol. The van der Waals surface area contributed by atoms with Gasteiger partial charge in [0.05, 0.1) is 21.9 Å². The number of hydrogen-bond acceptors (Lipinski definition) is 6. The van der Waals surface area contributed by atoms with E-state index in [1.165, 1.54) is 27.7 Å². The van der Waals surface area contributed by atoms with Crippen LogP contribution in [0.3, 0.4) is 0 Å². The molecular formula is C17H14N4O2S2. The van der Waals surface area contributed by atoms with Gasteiger partial charge in [-0.15, -0.1) is 11.3 Å². The number of amides is 1. The maximum Gasteiger partial charge on any atom is 0.262 e. The molecule has 0 bridgehead atoms. The summed E-state index contributed by atoms with van der Waals surface area (Å²) < 4.78 is 1.45. The second kappa shape index (κ2) is 7.09. The number of nitrogens with zero attached hydrogens (tertiary/aromatic N) is 3. The third-order valence-corrected chi connectivity index (χ3v) is 5.57. The van der Waals surface area contributed by atoms with E-state index < -0.39 is 5.25 Å². The molecule has 6 nitrogen and oxygen atoms in total. The van der Waals surface area contributed by atoms with Crippen molar-refractivity contribution < 1.29 is 4.79 Å². The third-order valence-electron chi connectivity index (χ3n) is 3.62. The van der Waals surface area contributed by atoms with Crippen LogP contribution in [-0.2, 0) is 11.8 Å². The lowest BCUT2D eigenvalue weighted by Crippen LogP contribution is -2.25. The lowest BCUT2D eigenvalue weighted by Gasteiger charge is -2.14. The van der Waals surface area contributed by atoms with E-state index in [4.69, 9.17) is 5.26 Å². The topological polar surface area (TPSA) is 87.8 Å². The van der Waals surface area contributed by atoms with Crippen molar-refractivity contribution in [3.63, 3.8) is 0 Å². The summed E-state index contributed by atoms with van der Waals surface area (Å²) in [6.45, 7) is 1.74. The highest BCUT2D eigenvalue weighted by Crippen LogP contribution is 2.25. The highest BCUT2D eigenvalue weighted by atomic mass is 32.2. The number of aromatic nitrogens is 2. The van der Waals surface area contributed by atoms with Crippen LogP contribution in [0.5, 0.6) is 0 Å². The minimum atomic E-state index is -0.484. The van der Waals surface area contributed by atoms with Crippen molar-refractivity contribution in [3.8, 4) is 6.07 Å². The second-order valence-corrected chi connectivity index (χ2v) is 7.51. The van der Waals surface area contributed by atoms with Crippen LogP contribution in [0.2, 0.25) is 0 Å². The molecular weight excluding hydrogens is 356 g/mol. The van der Waals surface area contributed by atoms with Crippen LogP contribution in [0.15, 0.2) is 45.7 Å². The largest absolute Gasteiger partial charge is 0.324 e. The Morgan fingerprint density at radius 2 is 2.16 bits per heavy atom. The zero-order valence-electron chi connectivity index (χ0n) is 13.5. The Bertz CT molecular complexity index is 1050. The summed E-state index contributed by atoms with van der Waals surface area (Å²) in [5, 5.41) is 14.3. The molecule has 0 aliphatic heterocycles. The van der Waals surface area contributed by atoms with E-state index in [9.17, 15) is 9.59 Å². The molecule has 0 spiro atoms. The highest BCUT2D eigenvalue weighted by molar-refractivity contribution is 8.00. The lowest BCUT2D eigenvalue weighted by atomic mass is 10.2. The molecule has 0 radical (unpaired) electrons. The van der Waals surface area contributed by atoms with E-state index in [0.29, 0.717) is 26.6 Å². The van der Waals surface area contributed by atoms with Crippen LogP contribution in [0.1, 0.15) is 12.5 Å². The van der Waals surface area contributed by atoms with E-state index in [1.54, 1.807) is 44.3 Å². The predicted octanol–water partition coefficient (Wildman–Crippen LogP) is 2.99. The Labute approximate surface area is 152 Å². The van der Waals surface area contributed by atoms with Crippen molar-refractivity contribution in [2.45, 2.75) is 17.3 Å². The van der Waals surface area contributed by atoms with Gasteiger partial charge in [-0.25, -0.2) is 4.98 Å². The molecule has 25 heavy (non-hydrogen) atoms. The Hall–Kier alpha value is -2.63. The van der Waals surface area contributed by atoms with Crippen LogP contribution in [0, 0.1) is 11.3 Å². The lowest BCUT2D eigenvalue weighted by molar-refractivity contribution is -0.115. The molecule has 126 valence electrons. The molecule has 3 rings (SSSR count). The SMILES string of the molecule is CC(Sc1nc2sccc2c(=O)n1C)C(=O)Nc1ccccc1C#N. The van der Waals surface area contributed by atoms with Crippen LogP contribution in [0.4, 0.5) is 5.69 Å². The first-order valence-electron chi connectivity index (χ1n) is 7.42. The minimum Gasteiger partial charge on any atom is -0.324 e. The summed E-state index contributed by atoms with van der Waals surface area (Å²) in [6.07, 6.45) is 0. The maximum atomic E-state index is 12.4. The van der Waals surface area contributed by atoms with Gasteiger partial charge in [-0.3, -0.25) is 14.2 Å².